The Hall–Kier alpha value is -8.02. The van der Waals surface area contributed by atoms with Crippen molar-refractivity contribution in [1.29, 1.82) is 0 Å². The summed E-state index contributed by atoms with van der Waals surface area (Å²) in [5.74, 6) is 1.37. The Kier molecular flexibility index (Phi) is 6.77. The van der Waals surface area contributed by atoms with Crippen molar-refractivity contribution < 1.29 is 20.3 Å². The molecule has 0 aliphatic rings. The summed E-state index contributed by atoms with van der Waals surface area (Å²) in [6.07, 6.45) is 4.94. The number of benzene rings is 8. The average molecular weight is 779 g/mol. The molecule has 0 bridgehead atoms. The van der Waals surface area contributed by atoms with Crippen LogP contribution in [-0.4, -0.2) is 14.1 Å². The van der Waals surface area contributed by atoms with Crippen LogP contribution >= 0.6 is 0 Å². The van der Waals surface area contributed by atoms with E-state index in [9.17, 15) is 0 Å². The molecule has 0 saturated carbocycles. The van der Waals surface area contributed by atoms with Crippen LogP contribution in [0.4, 0.5) is 0 Å². The van der Waals surface area contributed by atoms with Gasteiger partial charge in [0.2, 0.25) is 0 Å². The summed E-state index contributed by atoms with van der Waals surface area (Å²) in [6, 6.07) is 55.5. The minimum absolute atomic E-state index is 0.0636. The van der Waals surface area contributed by atoms with Crippen molar-refractivity contribution in [3.05, 3.63) is 224 Å². The molecular weight excluding hydrogens is 733 g/mol. The highest BCUT2D eigenvalue weighted by atomic mass is 16.5. The Bertz CT molecular complexity index is 3690. The lowest BCUT2D eigenvalue weighted by atomic mass is 9.98. The molecule has 0 spiro atoms. The maximum atomic E-state index is 8.59. The molecule has 0 saturated heterocycles. The third-order valence-electron chi connectivity index (χ3n) is 10.8. The average Bonchev–Trinajstić information content (AvgIpc) is 3.92. The van der Waals surface area contributed by atoms with Crippen LogP contribution in [0, 0.1) is 13.2 Å². The number of imidazole rings is 1. The maximum absolute atomic E-state index is 8.59. The molecule has 11 aromatic rings. The van der Waals surface area contributed by atoms with Crippen molar-refractivity contribution in [3.63, 3.8) is 0 Å². The zero-order valence-electron chi connectivity index (χ0n) is 40.0. The van der Waals surface area contributed by atoms with Gasteiger partial charge in [-0.25, -0.2) is 4.98 Å². The Morgan fingerprint density at radius 1 is 0.567 bits per heavy atom. The number of pyridine rings is 1. The van der Waals surface area contributed by atoms with Crippen LogP contribution in [0.5, 0.6) is 11.5 Å². The molecule has 3 heterocycles. The second-order valence-electron chi connectivity index (χ2n) is 14.5. The summed E-state index contributed by atoms with van der Waals surface area (Å²) < 4.78 is 79.9. The van der Waals surface area contributed by atoms with Crippen molar-refractivity contribution in [2.45, 2.75) is 6.85 Å². The van der Waals surface area contributed by atoms with Gasteiger partial charge in [0.25, 0.3) is 6.33 Å². The standard InChI is InChI=1S/C55H38N4O/c1-38-30-55(56-36-50(38)41-20-9-4-10-21-41)59-51-25-12-11-24-48(51)49-29-28-47(35-54(49)59)60-46-23-15-22-44(34-46)57-37-58(53-27-14-13-26-52(53)57)45-32-42(39-16-5-2-6-17-39)31-43(33-45)40-18-7-3-8-19-40/h2-36H,1H3/i1D3,4D,9D,10D,20D,21D. The normalized spacial score (nSPS) is 13.5. The first-order chi connectivity index (χ1) is 32.9. The number of aromatic nitrogens is 4. The molecule has 11 rings (SSSR count). The van der Waals surface area contributed by atoms with Crippen LogP contribution in [0.1, 0.15) is 16.5 Å². The van der Waals surface area contributed by atoms with Crippen LogP contribution in [0.3, 0.4) is 0 Å². The summed E-state index contributed by atoms with van der Waals surface area (Å²) in [5.41, 5.74) is 9.07. The van der Waals surface area contributed by atoms with Gasteiger partial charge in [-0.05, 0) is 101 Å². The lowest BCUT2D eigenvalue weighted by molar-refractivity contribution is -0.572. The second kappa shape index (κ2) is 14.7. The lowest BCUT2D eigenvalue weighted by Gasteiger charge is -2.12. The molecule has 3 aromatic heterocycles. The van der Waals surface area contributed by atoms with Crippen LogP contribution in [0.2, 0.25) is 0 Å². The van der Waals surface area contributed by atoms with E-state index >= 15 is 0 Å². The molecule has 0 fully saturated rings. The Morgan fingerprint density at radius 2 is 1.25 bits per heavy atom. The number of ether oxygens (including phenoxy) is 1. The number of hydrogen-bond donors (Lipinski definition) is 0. The van der Waals surface area contributed by atoms with Gasteiger partial charge in [0.1, 0.15) is 17.3 Å². The fourth-order valence-corrected chi connectivity index (χ4v) is 8.01. The Morgan fingerprint density at radius 3 is 2.02 bits per heavy atom. The summed E-state index contributed by atoms with van der Waals surface area (Å²) in [4.78, 5) is 4.71. The number of fused-ring (bicyclic) bond motifs is 4. The highest BCUT2D eigenvalue weighted by Gasteiger charge is 2.18. The van der Waals surface area contributed by atoms with Gasteiger partial charge in [-0.1, -0.05) is 139 Å². The third kappa shape index (κ3) is 6.30. The van der Waals surface area contributed by atoms with Crippen molar-refractivity contribution in [2.24, 2.45) is 0 Å². The molecule has 0 amide bonds. The first kappa shape index (κ1) is 27.6. The van der Waals surface area contributed by atoms with E-state index in [1.165, 1.54) is 12.3 Å². The monoisotopic (exact) mass is 778 g/mol. The molecule has 284 valence electrons. The van der Waals surface area contributed by atoms with Gasteiger partial charge >= 0.3 is 0 Å². The zero-order chi connectivity index (χ0) is 46.8. The second-order valence-corrected chi connectivity index (χ2v) is 14.5. The van der Waals surface area contributed by atoms with Crippen LogP contribution in [0.15, 0.2) is 212 Å². The Balaban J connectivity index is 0.996. The molecule has 5 nitrogen and oxygen atoms in total. The molecule has 0 aliphatic heterocycles. The van der Waals surface area contributed by atoms with Gasteiger partial charge in [-0.3, -0.25) is 13.7 Å². The summed E-state index contributed by atoms with van der Waals surface area (Å²) in [6.45, 7) is -2.73. The van der Waals surface area contributed by atoms with Crippen molar-refractivity contribution in [1.82, 2.24) is 14.1 Å². The molecular formula is C55H38N4O. The largest absolute Gasteiger partial charge is 0.458 e. The highest BCUT2D eigenvalue weighted by Crippen LogP contribution is 2.37. The van der Waals surface area contributed by atoms with E-state index in [1.54, 1.807) is 0 Å². The van der Waals surface area contributed by atoms with E-state index in [-0.39, 0.29) is 22.5 Å². The molecule has 0 N–H and O–H groups in total. The predicted molar refractivity (Wildman–Crippen MR) is 243 cm³/mol. The quantitative estimate of drug-likeness (QED) is 0.114. The molecule has 5 heteroatoms. The molecule has 60 heavy (non-hydrogen) atoms. The van der Waals surface area contributed by atoms with E-state index in [1.807, 2.05) is 124 Å². The van der Waals surface area contributed by atoms with Crippen LogP contribution in [-0.2, 0) is 0 Å². The summed E-state index contributed by atoms with van der Waals surface area (Å²) >= 11 is 0. The minimum atomic E-state index is -2.73. The van der Waals surface area contributed by atoms with Gasteiger partial charge in [0, 0.05) is 32.7 Å². The smallest absolute Gasteiger partial charge is 0.269 e. The molecule has 0 atom stereocenters. The topological polar surface area (TPSA) is 35.9 Å². The molecule has 0 radical (unpaired) electrons. The van der Waals surface area contributed by atoms with E-state index in [0.29, 0.717) is 17.0 Å². The summed E-state index contributed by atoms with van der Waals surface area (Å²) in [5, 5.41) is 1.77. The highest BCUT2D eigenvalue weighted by molar-refractivity contribution is 6.09. The van der Waals surface area contributed by atoms with Crippen molar-refractivity contribution in [3.8, 4) is 62.1 Å². The summed E-state index contributed by atoms with van der Waals surface area (Å²) in [7, 11) is 0. The number of rotatable bonds is 8. The lowest BCUT2D eigenvalue weighted by Crippen LogP contribution is -2.29. The van der Waals surface area contributed by atoms with Gasteiger partial charge in [0.05, 0.1) is 40.3 Å². The molecule has 8 aromatic carbocycles. The van der Waals surface area contributed by atoms with Gasteiger partial charge in [-0.15, -0.1) is 0 Å². The van der Waals surface area contributed by atoms with Crippen LogP contribution in [0.25, 0.3) is 83.4 Å². The molecule has 0 aliphatic carbocycles. The number of hydrogen-bond acceptors (Lipinski definition) is 2. The SMILES string of the molecule is [2H]c1c([2H])c([2H])c(-c2cnc(-n3c4ccccc4c4ccc(Oc5cccc(-n6[c-][n+](-c7cc(-c8ccccc8)cc(-c8ccccc8)c7)c7ccccc76)c5)cc43)cc2C([2H])([2H])[2H])c([2H])c1[2H]. The van der Waals surface area contributed by atoms with E-state index in [4.69, 9.17) is 20.7 Å². The fraction of sp³-hybridized carbons (Fsp3) is 0.0182. The third-order valence-corrected chi connectivity index (χ3v) is 10.8. The first-order valence-electron chi connectivity index (χ1n) is 23.5. The number of aryl methyl sites for hydroxylation is 1. The van der Waals surface area contributed by atoms with Gasteiger partial charge < -0.3 is 4.74 Å². The minimum Gasteiger partial charge on any atom is -0.458 e. The van der Waals surface area contributed by atoms with Gasteiger partial charge in [0.15, 0.2) is 0 Å². The predicted octanol–water partition coefficient (Wildman–Crippen LogP) is 13.3. The van der Waals surface area contributed by atoms with Crippen molar-refractivity contribution in [2.75, 3.05) is 0 Å². The Labute approximate surface area is 359 Å². The van der Waals surface area contributed by atoms with E-state index < -0.39 is 37.1 Å². The van der Waals surface area contributed by atoms with E-state index in [0.717, 1.165) is 61.0 Å². The van der Waals surface area contributed by atoms with E-state index in [2.05, 4.69) is 65.5 Å². The fourth-order valence-electron chi connectivity index (χ4n) is 8.01. The number of nitrogens with zero attached hydrogens (tertiary/aromatic N) is 4. The number of para-hydroxylation sites is 3. The maximum Gasteiger partial charge on any atom is 0.269 e. The van der Waals surface area contributed by atoms with Crippen molar-refractivity contribution >= 4 is 32.8 Å². The first-order valence-corrected chi connectivity index (χ1v) is 19.5. The van der Waals surface area contributed by atoms with Gasteiger partial charge in [-0.2, -0.15) is 0 Å². The zero-order valence-corrected chi connectivity index (χ0v) is 32.0. The molecule has 0 unspecified atom stereocenters. The van der Waals surface area contributed by atoms with Crippen LogP contribution < -0.4 is 9.30 Å².